The number of ether oxygens (including phenoxy) is 1. The average Bonchev–Trinajstić information content (AvgIpc) is 3.03. The molecular weight excluding hydrogens is 576 g/mol. The lowest BCUT2D eigenvalue weighted by atomic mass is 10.1. The highest BCUT2D eigenvalue weighted by Crippen LogP contribution is 2.27. The van der Waals surface area contributed by atoms with E-state index in [-0.39, 0.29) is 17.2 Å². The van der Waals surface area contributed by atoms with Crippen LogP contribution in [0.25, 0.3) is 6.08 Å². The molecule has 44 heavy (non-hydrogen) atoms. The van der Waals surface area contributed by atoms with E-state index < -0.39 is 23.0 Å². The highest BCUT2D eigenvalue weighted by atomic mass is 32.2. The summed E-state index contributed by atoms with van der Waals surface area (Å²) in [7, 11) is 0. The van der Waals surface area contributed by atoms with Crippen molar-refractivity contribution in [1.29, 1.82) is 0 Å². The third-order valence-electron chi connectivity index (χ3n) is 6.29. The Morgan fingerprint density at radius 3 is 2.20 bits per heavy atom. The topological polar surface area (TPSA) is 140 Å². The minimum atomic E-state index is -0.630. The van der Waals surface area contributed by atoms with E-state index in [0.717, 1.165) is 4.90 Å². The molecule has 224 valence electrons. The number of rotatable bonds is 12. The van der Waals surface area contributed by atoms with E-state index in [0.29, 0.717) is 34.9 Å². The molecule has 5 N–H and O–H groups in total. The number of carbonyl (C=O) groups excluding carboxylic acids is 4. The summed E-state index contributed by atoms with van der Waals surface area (Å²) in [6.45, 7) is 4.05. The monoisotopic (exact) mass is 608 g/mol. The Kier molecular flexibility index (Phi) is 10.9. The second-order valence-corrected chi connectivity index (χ2v) is 10.9. The van der Waals surface area contributed by atoms with E-state index in [4.69, 9.17) is 10.5 Å². The van der Waals surface area contributed by atoms with Crippen molar-refractivity contribution in [1.82, 2.24) is 5.32 Å². The second kappa shape index (κ2) is 15.2. The van der Waals surface area contributed by atoms with Crippen LogP contribution in [0, 0.1) is 0 Å². The summed E-state index contributed by atoms with van der Waals surface area (Å²) < 4.78 is 5.70. The van der Waals surface area contributed by atoms with Crippen molar-refractivity contribution in [3.05, 3.63) is 126 Å². The number of hydrogen-bond acceptors (Lipinski definition) is 6. The third kappa shape index (κ3) is 8.59. The van der Waals surface area contributed by atoms with Crippen LogP contribution in [-0.4, -0.2) is 35.5 Å². The number of para-hydroxylation sites is 2. The molecule has 0 saturated heterocycles. The van der Waals surface area contributed by atoms with E-state index >= 15 is 0 Å². The maximum Gasteiger partial charge on any atom is 0.272 e. The largest absolute Gasteiger partial charge is 0.493 e. The highest BCUT2D eigenvalue weighted by molar-refractivity contribution is 8.00. The minimum absolute atomic E-state index is 0.0333. The Labute approximate surface area is 259 Å². The van der Waals surface area contributed by atoms with Gasteiger partial charge >= 0.3 is 0 Å². The van der Waals surface area contributed by atoms with Gasteiger partial charge in [-0.2, -0.15) is 0 Å². The number of nitrogens with one attached hydrogen (secondary N) is 3. The SMILES string of the molecule is CCOc1ccccc1/C=C(\NC(=O)c1ccccc1)C(=O)Nc1ccc(SC(C)C(=O)Nc2ccccc2C(N)=O)cc1. The molecular formula is C34H32N4O5S. The fourth-order valence-corrected chi connectivity index (χ4v) is 4.97. The molecule has 0 fully saturated rings. The molecule has 4 rings (SSSR count). The van der Waals surface area contributed by atoms with Crippen LogP contribution in [0.3, 0.4) is 0 Å². The van der Waals surface area contributed by atoms with Gasteiger partial charge in [0, 0.05) is 21.7 Å². The molecule has 1 unspecified atom stereocenters. The fraction of sp³-hybridized carbons (Fsp3) is 0.118. The first kappa shape index (κ1) is 31.6. The number of anilines is 2. The number of amides is 4. The van der Waals surface area contributed by atoms with Gasteiger partial charge in [0.15, 0.2) is 0 Å². The number of thioether (sulfide) groups is 1. The average molecular weight is 609 g/mol. The molecule has 0 spiro atoms. The summed E-state index contributed by atoms with van der Waals surface area (Å²) in [5.41, 5.74) is 7.55. The number of carbonyl (C=O) groups is 4. The van der Waals surface area contributed by atoms with Crippen LogP contribution in [-0.2, 0) is 9.59 Å². The lowest BCUT2D eigenvalue weighted by molar-refractivity contribution is -0.115. The summed E-state index contributed by atoms with van der Waals surface area (Å²) in [5, 5.41) is 7.82. The first-order valence-electron chi connectivity index (χ1n) is 13.8. The number of primary amides is 1. The normalized spacial score (nSPS) is 11.6. The molecule has 0 aliphatic rings. The molecule has 10 heteroatoms. The van der Waals surface area contributed by atoms with Crippen LogP contribution in [0.5, 0.6) is 5.75 Å². The van der Waals surface area contributed by atoms with Crippen molar-refractivity contribution in [3.63, 3.8) is 0 Å². The van der Waals surface area contributed by atoms with Gasteiger partial charge in [0.2, 0.25) is 5.91 Å². The fourth-order valence-electron chi connectivity index (χ4n) is 4.10. The summed E-state index contributed by atoms with van der Waals surface area (Å²) in [4.78, 5) is 51.6. The van der Waals surface area contributed by atoms with Gasteiger partial charge in [-0.05, 0) is 74.5 Å². The predicted molar refractivity (Wildman–Crippen MR) is 173 cm³/mol. The quantitative estimate of drug-likeness (QED) is 0.120. The van der Waals surface area contributed by atoms with Gasteiger partial charge in [-0.25, -0.2) is 0 Å². The molecule has 4 aromatic rings. The van der Waals surface area contributed by atoms with Crippen LogP contribution in [0.2, 0.25) is 0 Å². The lowest BCUT2D eigenvalue weighted by Crippen LogP contribution is -2.30. The zero-order valence-electron chi connectivity index (χ0n) is 24.2. The molecule has 0 saturated carbocycles. The molecule has 4 aromatic carbocycles. The first-order valence-corrected chi connectivity index (χ1v) is 14.7. The van der Waals surface area contributed by atoms with Crippen molar-refractivity contribution in [2.24, 2.45) is 5.73 Å². The van der Waals surface area contributed by atoms with E-state index in [1.807, 2.05) is 19.1 Å². The molecule has 0 bridgehead atoms. The number of nitrogens with two attached hydrogens (primary N) is 1. The van der Waals surface area contributed by atoms with Gasteiger partial charge < -0.3 is 26.4 Å². The van der Waals surface area contributed by atoms with Gasteiger partial charge in [0.1, 0.15) is 11.4 Å². The van der Waals surface area contributed by atoms with Crippen molar-refractivity contribution >= 4 is 52.8 Å². The molecule has 0 heterocycles. The van der Waals surface area contributed by atoms with Crippen LogP contribution in [0.1, 0.15) is 40.1 Å². The van der Waals surface area contributed by atoms with Crippen LogP contribution < -0.4 is 26.4 Å². The Morgan fingerprint density at radius 2 is 1.50 bits per heavy atom. The lowest BCUT2D eigenvalue weighted by Gasteiger charge is -2.15. The highest BCUT2D eigenvalue weighted by Gasteiger charge is 2.19. The maximum atomic E-state index is 13.4. The molecule has 9 nitrogen and oxygen atoms in total. The standard InChI is InChI=1S/C34H32N4O5S/c1-3-43-30-16-10-7-13-24(30)21-29(38-33(41)23-11-5-4-6-12-23)34(42)36-25-17-19-26(20-18-25)44-22(2)32(40)37-28-15-9-8-14-27(28)31(35)39/h4-22H,3H2,1-2H3,(H2,35,39)(H,36,42)(H,37,40)(H,38,41)/b29-21-. The summed E-state index contributed by atoms with van der Waals surface area (Å²) in [5.74, 6) is -1.31. The molecule has 0 radical (unpaired) electrons. The van der Waals surface area contributed by atoms with Gasteiger partial charge in [-0.3, -0.25) is 19.2 Å². The second-order valence-electron chi connectivity index (χ2n) is 9.49. The molecule has 1 atom stereocenters. The van der Waals surface area contributed by atoms with Crippen molar-refractivity contribution in [2.45, 2.75) is 24.0 Å². The minimum Gasteiger partial charge on any atom is -0.493 e. The van der Waals surface area contributed by atoms with Gasteiger partial charge in [-0.15, -0.1) is 11.8 Å². The molecule has 4 amide bonds. The van der Waals surface area contributed by atoms with Crippen LogP contribution in [0.15, 0.2) is 114 Å². The van der Waals surface area contributed by atoms with E-state index in [1.54, 1.807) is 104 Å². The van der Waals surface area contributed by atoms with Gasteiger partial charge in [0.05, 0.1) is 23.1 Å². The van der Waals surface area contributed by atoms with E-state index in [9.17, 15) is 19.2 Å². The predicted octanol–water partition coefficient (Wildman–Crippen LogP) is 5.71. The van der Waals surface area contributed by atoms with E-state index in [2.05, 4.69) is 16.0 Å². The summed E-state index contributed by atoms with van der Waals surface area (Å²) >= 11 is 1.31. The number of hydrogen-bond donors (Lipinski definition) is 4. The van der Waals surface area contributed by atoms with Gasteiger partial charge in [0.25, 0.3) is 17.7 Å². The van der Waals surface area contributed by atoms with Crippen molar-refractivity contribution in [2.75, 3.05) is 17.2 Å². The molecule has 0 aromatic heterocycles. The third-order valence-corrected chi connectivity index (χ3v) is 7.40. The first-order chi connectivity index (χ1) is 21.2. The smallest absolute Gasteiger partial charge is 0.272 e. The Morgan fingerprint density at radius 1 is 0.841 bits per heavy atom. The molecule has 0 aliphatic carbocycles. The zero-order valence-corrected chi connectivity index (χ0v) is 25.0. The van der Waals surface area contributed by atoms with Crippen LogP contribution in [0.4, 0.5) is 11.4 Å². The molecule has 0 aliphatic heterocycles. The zero-order chi connectivity index (χ0) is 31.5. The maximum absolute atomic E-state index is 13.4. The van der Waals surface area contributed by atoms with Crippen molar-refractivity contribution < 1.29 is 23.9 Å². The number of benzene rings is 4. The Hall–Kier alpha value is -5.35. The summed E-state index contributed by atoms with van der Waals surface area (Å²) in [6, 6.07) is 29.3. The van der Waals surface area contributed by atoms with Gasteiger partial charge in [-0.1, -0.05) is 48.5 Å². The van der Waals surface area contributed by atoms with Crippen molar-refractivity contribution in [3.8, 4) is 5.75 Å². The Bertz CT molecular complexity index is 1670. The Balaban J connectivity index is 1.47. The summed E-state index contributed by atoms with van der Waals surface area (Å²) in [6.07, 6.45) is 1.57. The van der Waals surface area contributed by atoms with E-state index in [1.165, 1.54) is 11.8 Å². The van der Waals surface area contributed by atoms with Crippen LogP contribution >= 0.6 is 11.8 Å².